The molecule has 82 valence electrons. The lowest BCUT2D eigenvalue weighted by molar-refractivity contribution is -0.0904. The topological polar surface area (TPSA) is 68.9 Å². The van der Waals surface area contributed by atoms with E-state index in [1.165, 1.54) is 0 Å². The van der Waals surface area contributed by atoms with E-state index in [-0.39, 0.29) is 5.11 Å². The fraction of sp³-hybridized carbons (Fsp3) is 0.750. The number of hydrazone groups is 1. The molecule has 14 heavy (non-hydrogen) atoms. The van der Waals surface area contributed by atoms with Crippen LogP contribution in [0.2, 0.25) is 0 Å². The van der Waals surface area contributed by atoms with E-state index in [4.69, 9.17) is 15.2 Å². The first-order valence-electron chi connectivity index (χ1n) is 4.44. The van der Waals surface area contributed by atoms with E-state index in [0.29, 0.717) is 18.9 Å². The summed E-state index contributed by atoms with van der Waals surface area (Å²) in [5, 5.41) is 4.03. The SMILES string of the molecule is CCOC(OCC)/C(C)=N\NC(N)=S. The van der Waals surface area contributed by atoms with Gasteiger partial charge in [-0.15, -0.1) is 0 Å². The van der Waals surface area contributed by atoms with Crippen molar-refractivity contribution in [2.45, 2.75) is 27.1 Å². The quantitative estimate of drug-likeness (QED) is 0.296. The fourth-order valence-corrected chi connectivity index (χ4v) is 0.834. The molecule has 0 saturated heterocycles. The number of rotatable bonds is 6. The van der Waals surface area contributed by atoms with E-state index in [9.17, 15) is 0 Å². The van der Waals surface area contributed by atoms with E-state index < -0.39 is 6.29 Å². The molecular formula is C8H17N3O2S. The van der Waals surface area contributed by atoms with Crippen molar-refractivity contribution in [1.29, 1.82) is 0 Å². The van der Waals surface area contributed by atoms with Crippen molar-refractivity contribution in [3.63, 3.8) is 0 Å². The summed E-state index contributed by atoms with van der Waals surface area (Å²) in [6, 6.07) is 0. The molecule has 0 saturated carbocycles. The molecule has 0 unspecified atom stereocenters. The van der Waals surface area contributed by atoms with Crippen LogP contribution in [0.3, 0.4) is 0 Å². The molecule has 6 heteroatoms. The van der Waals surface area contributed by atoms with Crippen LogP contribution in [0.5, 0.6) is 0 Å². The molecule has 0 aromatic heterocycles. The molecule has 0 aromatic rings. The van der Waals surface area contributed by atoms with Crippen LogP contribution >= 0.6 is 12.2 Å². The van der Waals surface area contributed by atoms with Crippen LogP contribution in [-0.4, -0.2) is 30.3 Å². The van der Waals surface area contributed by atoms with Gasteiger partial charge in [-0.25, -0.2) is 0 Å². The Morgan fingerprint density at radius 2 is 1.93 bits per heavy atom. The van der Waals surface area contributed by atoms with Gasteiger partial charge in [0.05, 0.1) is 5.71 Å². The van der Waals surface area contributed by atoms with Gasteiger partial charge in [0.25, 0.3) is 0 Å². The van der Waals surface area contributed by atoms with Gasteiger partial charge >= 0.3 is 0 Å². The lowest BCUT2D eigenvalue weighted by atomic mass is 10.4. The van der Waals surface area contributed by atoms with Gasteiger partial charge in [0.1, 0.15) is 0 Å². The Morgan fingerprint density at radius 1 is 1.43 bits per heavy atom. The predicted octanol–water partition coefficient (Wildman–Crippen LogP) is 0.595. The molecular weight excluding hydrogens is 202 g/mol. The number of ether oxygens (including phenoxy) is 2. The van der Waals surface area contributed by atoms with Crippen molar-refractivity contribution in [1.82, 2.24) is 5.43 Å². The van der Waals surface area contributed by atoms with E-state index in [2.05, 4.69) is 22.7 Å². The van der Waals surface area contributed by atoms with Gasteiger partial charge in [-0.3, -0.25) is 5.43 Å². The minimum Gasteiger partial charge on any atom is -0.375 e. The van der Waals surface area contributed by atoms with Crippen molar-refractivity contribution in [3.8, 4) is 0 Å². The molecule has 5 nitrogen and oxygen atoms in total. The van der Waals surface area contributed by atoms with Crippen LogP contribution in [0.4, 0.5) is 0 Å². The first kappa shape index (κ1) is 13.3. The molecule has 0 rings (SSSR count). The summed E-state index contributed by atoms with van der Waals surface area (Å²) in [7, 11) is 0. The summed E-state index contributed by atoms with van der Waals surface area (Å²) in [6.07, 6.45) is -0.438. The number of nitrogens with zero attached hydrogens (tertiary/aromatic N) is 1. The van der Waals surface area contributed by atoms with Crippen molar-refractivity contribution in [2.24, 2.45) is 10.8 Å². The first-order chi connectivity index (χ1) is 6.61. The molecule has 0 amide bonds. The maximum absolute atomic E-state index is 5.30. The highest BCUT2D eigenvalue weighted by molar-refractivity contribution is 7.80. The molecule has 0 aliphatic carbocycles. The van der Waals surface area contributed by atoms with Crippen LogP contribution in [-0.2, 0) is 9.47 Å². The summed E-state index contributed by atoms with van der Waals surface area (Å²) in [4.78, 5) is 0. The van der Waals surface area contributed by atoms with Crippen molar-refractivity contribution >= 4 is 23.0 Å². The Morgan fingerprint density at radius 3 is 2.29 bits per heavy atom. The van der Waals surface area contributed by atoms with E-state index in [1.54, 1.807) is 6.92 Å². The molecule has 0 fully saturated rings. The maximum atomic E-state index is 5.30. The minimum absolute atomic E-state index is 0.121. The third kappa shape index (κ3) is 5.85. The largest absolute Gasteiger partial charge is 0.375 e. The molecule has 0 spiro atoms. The predicted molar refractivity (Wildman–Crippen MR) is 60.1 cm³/mol. The smallest absolute Gasteiger partial charge is 0.198 e. The van der Waals surface area contributed by atoms with Gasteiger partial charge < -0.3 is 15.2 Å². The molecule has 0 bridgehead atoms. The minimum atomic E-state index is -0.438. The summed E-state index contributed by atoms with van der Waals surface area (Å²) >= 11 is 4.61. The third-order valence-electron chi connectivity index (χ3n) is 1.32. The number of hydrogen-bond donors (Lipinski definition) is 2. The molecule has 0 heterocycles. The fourth-order valence-electron chi connectivity index (χ4n) is 0.788. The monoisotopic (exact) mass is 219 g/mol. The molecule has 0 atom stereocenters. The second kappa shape index (κ2) is 7.66. The Balaban J connectivity index is 4.17. The van der Waals surface area contributed by atoms with Crippen molar-refractivity contribution in [2.75, 3.05) is 13.2 Å². The zero-order valence-corrected chi connectivity index (χ0v) is 9.56. The molecule has 0 aliphatic rings. The highest BCUT2D eigenvalue weighted by Crippen LogP contribution is 1.97. The van der Waals surface area contributed by atoms with E-state index >= 15 is 0 Å². The van der Waals surface area contributed by atoms with Crippen LogP contribution in [0.25, 0.3) is 0 Å². The van der Waals surface area contributed by atoms with Gasteiger partial charge in [-0.2, -0.15) is 5.10 Å². The average Bonchev–Trinajstić information content (AvgIpc) is 2.14. The second-order valence-electron chi connectivity index (χ2n) is 2.47. The molecule has 3 N–H and O–H groups in total. The summed E-state index contributed by atoms with van der Waals surface area (Å²) < 4.78 is 10.6. The molecule has 0 radical (unpaired) electrons. The first-order valence-corrected chi connectivity index (χ1v) is 4.85. The summed E-state index contributed by atoms with van der Waals surface area (Å²) in [5.41, 5.74) is 8.35. The van der Waals surface area contributed by atoms with E-state index in [1.807, 2.05) is 13.8 Å². The zero-order chi connectivity index (χ0) is 11.0. The van der Waals surface area contributed by atoms with Gasteiger partial charge in [0.15, 0.2) is 11.4 Å². The van der Waals surface area contributed by atoms with Crippen LogP contribution in [0.1, 0.15) is 20.8 Å². The Labute approximate surface area is 89.6 Å². The highest BCUT2D eigenvalue weighted by Gasteiger charge is 2.11. The second-order valence-corrected chi connectivity index (χ2v) is 2.91. The van der Waals surface area contributed by atoms with Crippen LogP contribution in [0, 0.1) is 0 Å². The summed E-state index contributed by atoms with van der Waals surface area (Å²) in [6.45, 7) is 6.68. The lowest BCUT2D eigenvalue weighted by Gasteiger charge is -2.16. The van der Waals surface area contributed by atoms with Crippen LogP contribution < -0.4 is 11.2 Å². The van der Waals surface area contributed by atoms with Gasteiger partial charge in [0.2, 0.25) is 0 Å². The van der Waals surface area contributed by atoms with Gasteiger partial charge in [0, 0.05) is 13.2 Å². The number of nitrogens with two attached hydrogens (primary N) is 1. The molecule has 0 aliphatic heterocycles. The van der Waals surface area contributed by atoms with Crippen molar-refractivity contribution in [3.05, 3.63) is 0 Å². The van der Waals surface area contributed by atoms with Gasteiger partial charge in [-0.1, -0.05) is 0 Å². The highest BCUT2D eigenvalue weighted by atomic mass is 32.1. The third-order valence-corrected chi connectivity index (χ3v) is 1.41. The Bertz CT molecular complexity index is 203. The van der Waals surface area contributed by atoms with Crippen molar-refractivity contribution < 1.29 is 9.47 Å². The maximum Gasteiger partial charge on any atom is 0.198 e. The van der Waals surface area contributed by atoms with E-state index in [0.717, 1.165) is 0 Å². The Kier molecular flexibility index (Phi) is 7.27. The molecule has 0 aromatic carbocycles. The lowest BCUT2D eigenvalue weighted by Crippen LogP contribution is -2.31. The summed E-state index contributed by atoms with van der Waals surface area (Å²) in [5.74, 6) is 0. The van der Waals surface area contributed by atoms with Gasteiger partial charge in [-0.05, 0) is 33.0 Å². The average molecular weight is 219 g/mol. The number of hydrogen-bond acceptors (Lipinski definition) is 4. The standard InChI is InChI=1S/C8H17N3O2S/c1-4-12-7(13-5-2)6(3)10-11-8(9)14/h7H,4-5H2,1-3H3,(H3,9,11,14)/b10-6-. The normalized spacial score (nSPS) is 11.9. The number of thiocarbonyl (C=S) groups is 1. The Hall–Kier alpha value is -0.720. The number of nitrogens with one attached hydrogen (secondary N) is 1. The van der Waals surface area contributed by atoms with Crippen LogP contribution in [0.15, 0.2) is 5.10 Å². The zero-order valence-electron chi connectivity index (χ0n) is 8.74.